The van der Waals surface area contributed by atoms with E-state index in [0.717, 1.165) is 36.5 Å². The highest BCUT2D eigenvalue weighted by molar-refractivity contribution is 5.77. The number of unbranched alkanes of at least 4 members (excludes halogenated alkanes) is 3. The molecule has 4 nitrogen and oxygen atoms in total. The Balaban J connectivity index is 2.24. The predicted octanol–water partition coefficient (Wildman–Crippen LogP) is 3.52. The number of methoxy groups -OCH3 is 1. The lowest BCUT2D eigenvalue weighted by molar-refractivity contribution is 0.415. The third-order valence-electron chi connectivity index (χ3n) is 3.87. The maximum Gasteiger partial charge on any atom is 0.121 e. The van der Waals surface area contributed by atoms with Crippen molar-refractivity contribution in [2.75, 3.05) is 13.7 Å². The fourth-order valence-corrected chi connectivity index (χ4v) is 2.68. The Labute approximate surface area is 127 Å². The van der Waals surface area contributed by atoms with Crippen molar-refractivity contribution in [1.82, 2.24) is 9.55 Å². The van der Waals surface area contributed by atoms with Gasteiger partial charge in [0, 0.05) is 19.0 Å². The van der Waals surface area contributed by atoms with E-state index in [1.165, 1.54) is 31.2 Å². The summed E-state index contributed by atoms with van der Waals surface area (Å²) in [5.41, 5.74) is 7.88. The highest BCUT2D eigenvalue weighted by atomic mass is 16.5. The minimum atomic E-state index is 0.711. The first-order chi connectivity index (χ1) is 10.3. The summed E-state index contributed by atoms with van der Waals surface area (Å²) >= 11 is 0. The van der Waals surface area contributed by atoms with Crippen LogP contribution in [0, 0.1) is 0 Å². The Hall–Kier alpha value is -1.55. The molecule has 0 aliphatic carbocycles. The zero-order valence-corrected chi connectivity index (χ0v) is 13.3. The predicted molar refractivity (Wildman–Crippen MR) is 87.8 cm³/mol. The molecule has 0 fully saturated rings. The Kier molecular flexibility index (Phi) is 6.05. The fraction of sp³-hybridized carbons (Fsp3) is 0.588. The molecule has 0 aliphatic rings. The third kappa shape index (κ3) is 3.97. The summed E-state index contributed by atoms with van der Waals surface area (Å²) < 4.78 is 7.66. The fourth-order valence-electron chi connectivity index (χ4n) is 2.68. The van der Waals surface area contributed by atoms with E-state index in [-0.39, 0.29) is 0 Å². The van der Waals surface area contributed by atoms with Crippen molar-refractivity contribution < 1.29 is 4.74 Å². The van der Waals surface area contributed by atoms with Crippen LogP contribution in [0.5, 0.6) is 5.75 Å². The van der Waals surface area contributed by atoms with Crippen molar-refractivity contribution in [3.63, 3.8) is 0 Å². The molecular weight excluding hydrogens is 262 g/mol. The van der Waals surface area contributed by atoms with Crippen LogP contribution in [0.4, 0.5) is 0 Å². The lowest BCUT2D eigenvalue weighted by atomic mass is 10.2. The third-order valence-corrected chi connectivity index (χ3v) is 3.87. The average molecular weight is 289 g/mol. The molecule has 0 saturated carbocycles. The van der Waals surface area contributed by atoms with Crippen LogP contribution in [0.1, 0.15) is 44.9 Å². The highest BCUT2D eigenvalue weighted by Gasteiger charge is 2.11. The van der Waals surface area contributed by atoms with E-state index in [9.17, 15) is 0 Å². The molecule has 0 saturated heterocycles. The Morgan fingerprint density at radius 2 is 2.05 bits per heavy atom. The van der Waals surface area contributed by atoms with Gasteiger partial charge in [0.05, 0.1) is 18.1 Å². The number of benzene rings is 1. The van der Waals surface area contributed by atoms with Crippen molar-refractivity contribution in [1.29, 1.82) is 0 Å². The van der Waals surface area contributed by atoms with Gasteiger partial charge in [-0.05, 0) is 31.5 Å². The largest absolute Gasteiger partial charge is 0.497 e. The van der Waals surface area contributed by atoms with E-state index in [2.05, 4.69) is 17.6 Å². The number of fused-ring (bicyclic) bond motifs is 1. The molecule has 2 rings (SSSR count). The minimum Gasteiger partial charge on any atom is -0.497 e. The topological polar surface area (TPSA) is 53.1 Å². The van der Waals surface area contributed by atoms with Crippen molar-refractivity contribution in [2.45, 2.75) is 52.0 Å². The molecule has 116 valence electrons. The van der Waals surface area contributed by atoms with E-state index in [0.29, 0.717) is 6.54 Å². The van der Waals surface area contributed by atoms with Crippen molar-refractivity contribution in [3.8, 4) is 5.75 Å². The van der Waals surface area contributed by atoms with Gasteiger partial charge >= 0.3 is 0 Å². The molecular formula is C17H27N3O. The molecule has 1 aromatic carbocycles. The Bertz CT molecular complexity index is 562. The van der Waals surface area contributed by atoms with Gasteiger partial charge in [0.1, 0.15) is 11.6 Å². The molecule has 0 spiro atoms. The van der Waals surface area contributed by atoms with Crippen LogP contribution < -0.4 is 10.5 Å². The van der Waals surface area contributed by atoms with E-state index >= 15 is 0 Å². The van der Waals surface area contributed by atoms with Gasteiger partial charge in [-0.15, -0.1) is 0 Å². The summed E-state index contributed by atoms with van der Waals surface area (Å²) in [4.78, 5) is 4.79. The molecule has 1 aromatic heterocycles. The van der Waals surface area contributed by atoms with Crippen molar-refractivity contribution in [2.24, 2.45) is 5.73 Å². The van der Waals surface area contributed by atoms with E-state index in [1.54, 1.807) is 7.11 Å². The second-order valence-corrected chi connectivity index (χ2v) is 5.49. The summed E-state index contributed by atoms with van der Waals surface area (Å²) in [6.07, 6.45) is 6.99. The molecule has 1 heterocycles. The van der Waals surface area contributed by atoms with Crippen molar-refractivity contribution in [3.05, 3.63) is 24.0 Å². The lowest BCUT2D eigenvalue weighted by Gasteiger charge is -2.09. The van der Waals surface area contributed by atoms with Gasteiger partial charge in [0.15, 0.2) is 0 Å². The molecule has 0 unspecified atom stereocenters. The zero-order valence-electron chi connectivity index (χ0n) is 13.3. The molecule has 2 N–H and O–H groups in total. The molecule has 0 atom stereocenters. The summed E-state index contributed by atoms with van der Waals surface area (Å²) in [7, 11) is 1.69. The quantitative estimate of drug-likeness (QED) is 0.719. The highest BCUT2D eigenvalue weighted by Crippen LogP contribution is 2.23. The molecule has 21 heavy (non-hydrogen) atoms. The SMILES string of the molecule is CCCCCCn1c(CCCN)nc2cc(OC)ccc21. The van der Waals surface area contributed by atoms with Gasteiger partial charge in [-0.2, -0.15) is 0 Å². The monoisotopic (exact) mass is 289 g/mol. The van der Waals surface area contributed by atoms with E-state index in [1.807, 2.05) is 12.1 Å². The zero-order chi connectivity index (χ0) is 15.1. The number of hydrogen-bond acceptors (Lipinski definition) is 3. The first kappa shape index (κ1) is 15.8. The first-order valence-electron chi connectivity index (χ1n) is 8.03. The maximum atomic E-state index is 5.65. The summed E-state index contributed by atoms with van der Waals surface area (Å²) in [6, 6.07) is 6.15. The number of aromatic nitrogens is 2. The Morgan fingerprint density at radius 3 is 2.76 bits per heavy atom. The Morgan fingerprint density at radius 1 is 1.19 bits per heavy atom. The van der Waals surface area contributed by atoms with Gasteiger partial charge in [0.2, 0.25) is 0 Å². The number of nitrogens with zero attached hydrogens (tertiary/aromatic N) is 2. The number of hydrogen-bond donors (Lipinski definition) is 1. The second kappa shape index (κ2) is 8.03. The van der Waals surface area contributed by atoms with Gasteiger partial charge in [0.25, 0.3) is 0 Å². The summed E-state index contributed by atoms with van der Waals surface area (Å²) in [5, 5.41) is 0. The van der Waals surface area contributed by atoms with Crippen LogP contribution in [0.3, 0.4) is 0 Å². The standard InChI is InChI=1S/C17H27N3O/c1-3-4-5-6-12-20-16-10-9-14(21-2)13-15(16)19-17(20)8-7-11-18/h9-10,13H,3-8,11-12,18H2,1-2H3. The number of imidazole rings is 1. The summed E-state index contributed by atoms with van der Waals surface area (Å²) in [6.45, 7) is 4.00. The molecule has 4 heteroatoms. The average Bonchev–Trinajstić information content (AvgIpc) is 2.86. The van der Waals surface area contributed by atoms with E-state index in [4.69, 9.17) is 15.5 Å². The first-order valence-corrected chi connectivity index (χ1v) is 8.03. The smallest absolute Gasteiger partial charge is 0.121 e. The van der Waals surface area contributed by atoms with Gasteiger partial charge in [-0.3, -0.25) is 0 Å². The molecule has 2 aromatic rings. The molecule has 0 amide bonds. The van der Waals surface area contributed by atoms with Crippen LogP contribution in [-0.4, -0.2) is 23.2 Å². The lowest BCUT2D eigenvalue weighted by Crippen LogP contribution is -2.07. The molecule has 0 radical (unpaired) electrons. The second-order valence-electron chi connectivity index (χ2n) is 5.49. The van der Waals surface area contributed by atoms with Crippen LogP contribution in [0.2, 0.25) is 0 Å². The number of ether oxygens (including phenoxy) is 1. The molecule has 0 bridgehead atoms. The van der Waals surface area contributed by atoms with Crippen LogP contribution >= 0.6 is 0 Å². The van der Waals surface area contributed by atoms with Gasteiger partial charge in [-0.25, -0.2) is 4.98 Å². The summed E-state index contributed by atoms with van der Waals surface area (Å²) in [5.74, 6) is 2.02. The number of rotatable bonds is 9. The van der Waals surface area contributed by atoms with Crippen molar-refractivity contribution >= 4 is 11.0 Å². The van der Waals surface area contributed by atoms with Crippen LogP contribution in [0.25, 0.3) is 11.0 Å². The van der Waals surface area contributed by atoms with Gasteiger partial charge in [-0.1, -0.05) is 26.2 Å². The number of nitrogens with two attached hydrogens (primary N) is 1. The van der Waals surface area contributed by atoms with Crippen LogP contribution in [-0.2, 0) is 13.0 Å². The van der Waals surface area contributed by atoms with Gasteiger partial charge < -0.3 is 15.0 Å². The minimum absolute atomic E-state index is 0.711. The maximum absolute atomic E-state index is 5.65. The normalized spacial score (nSPS) is 11.2. The molecule has 0 aliphatic heterocycles. The number of aryl methyl sites for hydroxylation is 2. The van der Waals surface area contributed by atoms with E-state index < -0.39 is 0 Å². The van der Waals surface area contributed by atoms with Crippen LogP contribution in [0.15, 0.2) is 18.2 Å².